The van der Waals surface area contributed by atoms with Crippen LogP contribution in [0.1, 0.15) is 57.5 Å². The fraction of sp³-hybridized carbons (Fsp3) is 0.778. The highest BCUT2D eigenvalue weighted by Crippen LogP contribution is 2.30. The van der Waals surface area contributed by atoms with Crippen LogP contribution in [-0.4, -0.2) is 38.8 Å². The van der Waals surface area contributed by atoms with Crippen LogP contribution in [0.5, 0.6) is 0 Å². The summed E-state index contributed by atoms with van der Waals surface area (Å²) in [6.07, 6.45) is 3.10. The molecular formula is C18H32N4O. The van der Waals surface area contributed by atoms with E-state index < -0.39 is 0 Å². The lowest BCUT2D eigenvalue weighted by molar-refractivity contribution is 0.154. The Morgan fingerprint density at radius 1 is 1.30 bits per heavy atom. The lowest BCUT2D eigenvalue weighted by atomic mass is 10.0. The molecule has 1 heterocycles. The Morgan fingerprint density at radius 2 is 1.91 bits per heavy atom. The Balaban J connectivity index is 2.00. The third kappa shape index (κ3) is 4.06. The van der Waals surface area contributed by atoms with Crippen molar-refractivity contribution in [1.82, 2.24) is 20.0 Å². The number of hydrogen-bond acceptors (Lipinski definition) is 2. The normalized spacial score (nSPS) is 17.2. The van der Waals surface area contributed by atoms with Gasteiger partial charge < -0.3 is 10.2 Å². The third-order valence-electron chi connectivity index (χ3n) is 5.12. The molecule has 0 bridgehead atoms. The lowest BCUT2D eigenvalue weighted by Crippen LogP contribution is -2.50. The van der Waals surface area contributed by atoms with Crippen LogP contribution >= 0.6 is 0 Å². The Kier molecular flexibility index (Phi) is 5.37. The van der Waals surface area contributed by atoms with E-state index >= 15 is 0 Å². The number of carbonyl (C=O) groups is 1. The van der Waals surface area contributed by atoms with Gasteiger partial charge in [-0.1, -0.05) is 13.8 Å². The number of amides is 2. The molecule has 0 aliphatic heterocycles. The third-order valence-corrected chi connectivity index (χ3v) is 5.12. The average molecular weight is 320 g/mol. The van der Waals surface area contributed by atoms with Crippen molar-refractivity contribution in [2.24, 2.45) is 13.0 Å². The SMILES string of the molecule is Cc1nn(C)c(C)c1C[C@H](C)NC(=O)N(C1CC1)[C@@H](C)C(C)C. The van der Waals surface area contributed by atoms with Gasteiger partial charge in [-0.2, -0.15) is 5.10 Å². The number of aryl methyl sites for hydroxylation is 2. The van der Waals surface area contributed by atoms with Gasteiger partial charge >= 0.3 is 6.03 Å². The second-order valence-corrected chi connectivity index (χ2v) is 7.45. The highest BCUT2D eigenvalue weighted by molar-refractivity contribution is 5.75. The van der Waals surface area contributed by atoms with Gasteiger partial charge in [0.1, 0.15) is 0 Å². The van der Waals surface area contributed by atoms with Gasteiger partial charge in [0, 0.05) is 30.9 Å². The first-order chi connectivity index (χ1) is 10.7. The number of aromatic nitrogens is 2. The largest absolute Gasteiger partial charge is 0.335 e. The molecule has 5 heteroatoms. The summed E-state index contributed by atoms with van der Waals surface area (Å²) in [4.78, 5) is 14.8. The van der Waals surface area contributed by atoms with Crippen molar-refractivity contribution < 1.29 is 4.79 Å². The van der Waals surface area contributed by atoms with Gasteiger partial charge in [0.25, 0.3) is 0 Å². The van der Waals surface area contributed by atoms with Gasteiger partial charge in [0.05, 0.1) is 5.69 Å². The summed E-state index contributed by atoms with van der Waals surface area (Å²) in [5.41, 5.74) is 3.48. The summed E-state index contributed by atoms with van der Waals surface area (Å²) < 4.78 is 1.91. The van der Waals surface area contributed by atoms with Crippen molar-refractivity contribution in [3.8, 4) is 0 Å². The fourth-order valence-electron chi connectivity index (χ4n) is 3.11. The Labute approximate surface area is 140 Å². The number of urea groups is 1. The van der Waals surface area contributed by atoms with Crippen LogP contribution in [0.3, 0.4) is 0 Å². The fourth-order valence-corrected chi connectivity index (χ4v) is 3.11. The molecule has 130 valence electrons. The minimum atomic E-state index is 0.0837. The zero-order valence-electron chi connectivity index (χ0n) is 15.7. The van der Waals surface area contributed by atoms with Crippen molar-refractivity contribution in [3.05, 3.63) is 17.0 Å². The highest BCUT2D eigenvalue weighted by atomic mass is 16.2. The van der Waals surface area contributed by atoms with Crippen LogP contribution in [0, 0.1) is 19.8 Å². The molecule has 1 saturated carbocycles. The standard InChI is InChI=1S/C18H32N4O/c1-11(2)14(5)22(16-8-9-16)18(23)19-12(3)10-17-13(4)20-21(7)15(17)6/h11-12,14,16H,8-10H2,1-7H3,(H,19,23)/t12-,14-/m0/s1. The maximum absolute atomic E-state index is 12.7. The van der Waals surface area contributed by atoms with Gasteiger partial charge in [-0.25, -0.2) is 4.79 Å². The quantitative estimate of drug-likeness (QED) is 0.875. The summed E-state index contributed by atoms with van der Waals surface area (Å²) in [5.74, 6) is 0.472. The summed E-state index contributed by atoms with van der Waals surface area (Å²) in [6.45, 7) is 12.7. The topological polar surface area (TPSA) is 50.2 Å². The van der Waals surface area contributed by atoms with E-state index in [-0.39, 0.29) is 18.1 Å². The van der Waals surface area contributed by atoms with Gasteiger partial charge in [0.15, 0.2) is 0 Å². The minimum absolute atomic E-state index is 0.0837. The van der Waals surface area contributed by atoms with Gasteiger partial charge in [-0.3, -0.25) is 4.68 Å². The van der Waals surface area contributed by atoms with E-state index in [0.29, 0.717) is 12.0 Å². The molecule has 1 aliphatic rings. The molecule has 5 nitrogen and oxygen atoms in total. The van der Waals surface area contributed by atoms with E-state index in [2.05, 4.69) is 49.9 Å². The molecule has 0 saturated heterocycles. The van der Waals surface area contributed by atoms with Crippen molar-refractivity contribution in [2.75, 3.05) is 0 Å². The Morgan fingerprint density at radius 3 is 2.35 bits per heavy atom. The predicted molar refractivity (Wildman–Crippen MR) is 93.5 cm³/mol. The van der Waals surface area contributed by atoms with Crippen LogP contribution in [0.4, 0.5) is 4.79 Å². The lowest BCUT2D eigenvalue weighted by Gasteiger charge is -2.33. The van der Waals surface area contributed by atoms with Crippen molar-refractivity contribution in [2.45, 2.75) is 78.9 Å². The monoisotopic (exact) mass is 320 g/mol. The summed E-state index contributed by atoms with van der Waals surface area (Å²) in [5, 5.41) is 7.66. The van der Waals surface area contributed by atoms with Crippen molar-refractivity contribution in [3.63, 3.8) is 0 Å². The highest BCUT2D eigenvalue weighted by Gasteiger charge is 2.37. The second-order valence-electron chi connectivity index (χ2n) is 7.45. The van der Waals surface area contributed by atoms with Crippen LogP contribution < -0.4 is 5.32 Å². The van der Waals surface area contributed by atoms with Gasteiger partial charge in [-0.15, -0.1) is 0 Å². The van der Waals surface area contributed by atoms with Crippen LogP contribution in [0.25, 0.3) is 0 Å². The van der Waals surface area contributed by atoms with Crippen molar-refractivity contribution in [1.29, 1.82) is 0 Å². The van der Waals surface area contributed by atoms with Crippen LogP contribution in [-0.2, 0) is 13.5 Å². The molecule has 23 heavy (non-hydrogen) atoms. The van der Waals surface area contributed by atoms with E-state index in [1.165, 1.54) is 11.3 Å². The first kappa shape index (κ1) is 17.8. The van der Waals surface area contributed by atoms with Gasteiger partial charge in [-0.05, 0) is 58.4 Å². The average Bonchev–Trinajstić information content (AvgIpc) is 3.24. The maximum atomic E-state index is 12.7. The van der Waals surface area contributed by atoms with E-state index in [1.54, 1.807) is 0 Å². The molecule has 1 aliphatic carbocycles. The molecule has 2 rings (SSSR count). The number of carbonyl (C=O) groups excluding carboxylic acids is 1. The molecule has 2 atom stereocenters. The van der Waals surface area contributed by atoms with Crippen LogP contribution in [0.2, 0.25) is 0 Å². The Bertz CT molecular complexity index is 560. The molecular weight excluding hydrogens is 288 g/mol. The molecule has 0 radical (unpaired) electrons. The molecule has 0 aromatic carbocycles. The van der Waals surface area contributed by atoms with Gasteiger partial charge in [0.2, 0.25) is 0 Å². The van der Waals surface area contributed by atoms with Crippen LogP contribution in [0.15, 0.2) is 0 Å². The van der Waals surface area contributed by atoms with E-state index in [1.807, 2.05) is 18.7 Å². The molecule has 0 unspecified atom stereocenters. The summed E-state index contributed by atoms with van der Waals surface area (Å²) in [7, 11) is 1.97. The van der Waals surface area contributed by atoms with E-state index in [9.17, 15) is 4.79 Å². The minimum Gasteiger partial charge on any atom is -0.335 e. The molecule has 1 fully saturated rings. The van der Waals surface area contributed by atoms with E-state index in [4.69, 9.17) is 0 Å². The zero-order valence-corrected chi connectivity index (χ0v) is 15.7. The zero-order chi connectivity index (χ0) is 17.3. The number of nitrogens with zero attached hydrogens (tertiary/aromatic N) is 3. The molecule has 1 aromatic heterocycles. The number of rotatable bonds is 6. The predicted octanol–water partition coefficient (Wildman–Crippen LogP) is 3.19. The van der Waals surface area contributed by atoms with E-state index in [0.717, 1.165) is 25.0 Å². The molecule has 1 N–H and O–H groups in total. The second kappa shape index (κ2) is 6.93. The summed E-state index contributed by atoms with van der Waals surface area (Å²) in [6, 6.07) is 0.892. The molecule has 1 aromatic rings. The smallest absolute Gasteiger partial charge is 0.318 e. The molecule has 0 spiro atoms. The number of nitrogens with one attached hydrogen (secondary N) is 1. The number of hydrogen-bond donors (Lipinski definition) is 1. The first-order valence-electron chi connectivity index (χ1n) is 8.80. The maximum Gasteiger partial charge on any atom is 0.318 e. The molecule has 2 amide bonds. The Hall–Kier alpha value is -1.52. The van der Waals surface area contributed by atoms with Crippen molar-refractivity contribution >= 4 is 6.03 Å². The summed E-state index contributed by atoms with van der Waals surface area (Å²) >= 11 is 0. The first-order valence-corrected chi connectivity index (χ1v) is 8.80.